The molecule has 9 nitrogen and oxygen atoms in total. The van der Waals surface area contributed by atoms with Crippen LogP contribution in [-0.2, 0) is 14.3 Å². The van der Waals surface area contributed by atoms with Gasteiger partial charge in [0, 0.05) is 18.8 Å². The van der Waals surface area contributed by atoms with E-state index in [1.807, 2.05) is 6.92 Å². The molecule has 184 valence electrons. The number of hydrogen-bond acceptors (Lipinski definition) is 8. The quantitative estimate of drug-likeness (QED) is 0.203. The number of rotatable bonds is 10. The molecule has 9 heteroatoms. The second-order valence-electron chi connectivity index (χ2n) is 9.45. The summed E-state index contributed by atoms with van der Waals surface area (Å²) < 4.78 is 5.74. The van der Waals surface area contributed by atoms with Crippen molar-refractivity contribution in [1.29, 1.82) is 0 Å². The smallest absolute Gasteiger partial charge is 0.308 e. The van der Waals surface area contributed by atoms with Crippen LogP contribution in [0, 0.1) is 23.7 Å². The highest BCUT2D eigenvalue weighted by molar-refractivity contribution is 5.72. The van der Waals surface area contributed by atoms with Gasteiger partial charge in [0.05, 0.1) is 30.3 Å². The fraction of sp³-hybridized carbons (Fsp3) is 0.826. The molecule has 0 aromatic carbocycles. The van der Waals surface area contributed by atoms with Crippen LogP contribution in [0.4, 0.5) is 0 Å². The normalized spacial score (nSPS) is 35.2. The minimum atomic E-state index is -1.22. The largest absolute Gasteiger partial charge is 0.481 e. The van der Waals surface area contributed by atoms with Crippen LogP contribution in [0.5, 0.6) is 0 Å². The maximum Gasteiger partial charge on any atom is 0.308 e. The average Bonchev–Trinajstić information content (AvgIpc) is 2.72. The van der Waals surface area contributed by atoms with Crippen molar-refractivity contribution >= 4 is 11.9 Å². The number of ether oxygens (including phenoxy) is 1. The lowest BCUT2D eigenvalue weighted by Gasteiger charge is -2.49. The Morgan fingerprint density at radius 2 is 1.84 bits per heavy atom. The van der Waals surface area contributed by atoms with Crippen molar-refractivity contribution in [3.05, 3.63) is 11.6 Å². The fourth-order valence-electron chi connectivity index (χ4n) is 4.93. The Morgan fingerprint density at radius 3 is 2.44 bits per heavy atom. The minimum absolute atomic E-state index is 0.0177. The van der Waals surface area contributed by atoms with E-state index in [1.165, 1.54) is 6.08 Å². The highest BCUT2D eigenvalue weighted by atomic mass is 16.5. The molecule has 1 fully saturated rings. The van der Waals surface area contributed by atoms with E-state index in [0.717, 1.165) is 0 Å². The number of carbonyl (C=O) groups is 2. The zero-order valence-electron chi connectivity index (χ0n) is 19.0. The van der Waals surface area contributed by atoms with E-state index in [-0.39, 0.29) is 43.9 Å². The number of aliphatic hydroxyl groups is 5. The van der Waals surface area contributed by atoms with Gasteiger partial charge < -0.3 is 35.4 Å². The number of hydrogen-bond donors (Lipinski definition) is 6. The molecule has 0 aliphatic heterocycles. The third-order valence-electron chi connectivity index (χ3n) is 7.05. The first kappa shape index (κ1) is 26.7. The van der Waals surface area contributed by atoms with Gasteiger partial charge in [0.1, 0.15) is 12.2 Å². The molecule has 2 aliphatic carbocycles. The van der Waals surface area contributed by atoms with E-state index in [9.17, 15) is 35.1 Å². The predicted octanol–water partition coefficient (Wildman–Crippen LogP) is 0.606. The molecule has 0 radical (unpaired) electrons. The van der Waals surface area contributed by atoms with Gasteiger partial charge in [-0.15, -0.1) is 0 Å². The van der Waals surface area contributed by atoms with Crippen molar-refractivity contribution in [2.45, 2.75) is 95.9 Å². The Bertz CT molecular complexity index is 678. The van der Waals surface area contributed by atoms with Crippen molar-refractivity contribution in [2.75, 3.05) is 0 Å². The van der Waals surface area contributed by atoms with E-state index >= 15 is 0 Å². The molecule has 0 saturated heterocycles. The van der Waals surface area contributed by atoms with Crippen LogP contribution < -0.4 is 0 Å². The summed E-state index contributed by atoms with van der Waals surface area (Å²) in [5, 5.41) is 61.0. The van der Waals surface area contributed by atoms with Crippen LogP contribution in [0.1, 0.15) is 59.3 Å². The van der Waals surface area contributed by atoms with Crippen molar-refractivity contribution in [2.24, 2.45) is 23.7 Å². The lowest BCUT2D eigenvalue weighted by Crippen LogP contribution is -2.54. The molecule has 0 bridgehead atoms. The first-order valence-corrected chi connectivity index (χ1v) is 11.5. The van der Waals surface area contributed by atoms with E-state index in [0.29, 0.717) is 12.0 Å². The molecule has 0 aromatic rings. The van der Waals surface area contributed by atoms with E-state index in [4.69, 9.17) is 9.84 Å². The SMILES string of the molecule is CC[C@@H](C)C(=O)O[C@H]1C[C@@H](O)C=C2[C@H]1[C@@H](C[C@@H](O)C[C@H](O)CCC(=O)O)[C@@H](C)[C@@H](O)[C@H]2O. The number of carboxylic acids is 1. The number of fused-ring (bicyclic) bond motifs is 1. The highest BCUT2D eigenvalue weighted by Gasteiger charge is 2.51. The fourth-order valence-corrected chi connectivity index (χ4v) is 4.93. The first-order chi connectivity index (χ1) is 15.0. The van der Waals surface area contributed by atoms with Gasteiger partial charge in [-0.3, -0.25) is 9.59 Å². The van der Waals surface area contributed by atoms with Gasteiger partial charge in [-0.05, 0) is 43.1 Å². The van der Waals surface area contributed by atoms with Crippen LogP contribution in [0.15, 0.2) is 11.6 Å². The molecule has 0 unspecified atom stereocenters. The third-order valence-corrected chi connectivity index (χ3v) is 7.05. The van der Waals surface area contributed by atoms with Crippen molar-refractivity contribution in [3.63, 3.8) is 0 Å². The molecule has 6 N–H and O–H groups in total. The average molecular weight is 459 g/mol. The number of carboxylic acid groups (broad SMARTS) is 1. The van der Waals surface area contributed by atoms with Gasteiger partial charge in [-0.25, -0.2) is 0 Å². The molecule has 0 spiro atoms. The van der Waals surface area contributed by atoms with Gasteiger partial charge in [0.25, 0.3) is 0 Å². The zero-order chi connectivity index (χ0) is 24.2. The molecule has 1 saturated carbocycles. The summed E-state index contributed by atoms with van der Waals surface area (Å²) in [5.41, 5.74) is 0.403. The Balaban J connectivity index is 2.23. The molecule has 2 aliphatic rings. The van der Waals surface area contributed by atoms with Crippen LogP contribution in [0.25, 0.3) is 0 Å². The van der Waals surface area contributed by atoms with Crippen molar-refractivity contribution < 1.29 is 45.0 Å². The third kappa shape index (κ3) is 6.51. The lowest BCUT2D eigenvalue weighted by molar-refractivity contribution is -0.164. The molecular formula is C23H38O9. The summed E-state index contributed by atoms with van der Waals surface area (Å²) in [6, 6.07) is 0. The van der Waals surface area contributed by atoms with Crippen LogP contribution in [-0.4, -0.2) is 79.2 Å². The van der Waals surface area contributed by atoms with Gasteiger partial charge in [-0.1, -0.05) is 26.8 Å². The summed E-state index contributed by atoms with van der Waals surface area (Å²) in [7, 11) is 0. The molecule has 32 heavy (non-hydrogen) atoms. The molecule has 10 atom stereocenters. The summed E-state index contributed by atoms with van der Waals surface area (Å²) >= 11 is 0. The van der Waals surface area contributed by atoms with E-state index in [1.54, 1.807) is 13.8 Å². The topological polar surface area (TPSA) is 165 Å². The van der Waals surface area contributed by atoms with Crippen LogP contribution >= 0.6 is 0 Å². The molecule has 2 rings (SSSR count). The zero-order valence-corrected chi connectivity index (χ0v) is 19.0. The predicted molar refractivity (Wildman–Crippen MR) is 114 cm³/mol. The standard InChI is InChI=1S/C23H38O9/c1-4-11(2)23(31)32-18-10-15(26)9-17-20(18)16(12(3)21(29)22(17)30)8-14(25)7-13(24)5-6-19(27)28/h9,11-16,18,20-22,24-26,29-30H,4-8,10H2,1-3H3,(H,27,28)/t11-,12-,13-,14+,15+,16+,18+,20-,21-,22+/m1/s1. The van der Waals surface area contributed by atoms with Gasteiger partial charge >= 0.3 is 11.9 Å². The van der Waals surface area contributed by atoms with Gasteiger partial charge in [-0.2, -0.15) is 0 Å². The number of aliphatic hydroxyl groups excluding tert-OH is 5. The lowest BCUT2D eigenvalue weighted by atomic mass is 9.61. The summed E-state index contributed by atoms with van der Waals surface area (Å²) in [6.45, 7) is 5.37. The highest BCUT2D eigenvalue weighted by Crippen LogP contribution is 2.47. The van der Waals surface area contributed by atoms with Crippen LogP contribution in [0.2, 0.25) is 0 Å². The minimum Gasteiger partial charge on any atom is -0.481 e. The Hall–Kier alpha value is -1.52. The van der Waals surface area contributed by atoms with Gasteiger partial charge in [0.15, 0.2) is 0 Å². The summed E-state index contributed by atoms with van der Waals surface area (Å²) in [4.78, 5) is 23.2. The maximum atomic E-state index is 12.5. The Morgan fingerprint density at radius 1 is 1.19 bits per heavy atom. The summed E-state index contributed by atoms with van der Waals surface area (Å²) in [6.07, 6.45) is -3.78. The first-order valence-electron chi connectivity index (χ1n) is 11.5. The molecule has 0 amide bonds. The monoisotopic (exact) mass is 458 g/mol. The van der Waals surface area contributed by atoms with Crippen molar-refractivity contribution in [1.82, 2.24) is 0 Å². The van der Waals surface area contributed by atoms with E-state index in [2.05, 4.69) is 0 Å². The number of aliphatic carboxylic acids is 1. The maximum absolute atomic E-state index is 12.5. The Kier molecular flexibility index (Phi) is 9.66. The number of carbonyl (C=O) groups excluding carboxylic acids is 1. The second-order valence-corrected chi connectivity index (χ2v) is 9.45. The molecule has 0 heterocycles. The van der Waals surface area contributed by atoms with Gasteiger partial charge in [0.2, 0.25) is 0 Å². The second kappa shape index (κ2) is 11.6. The van der Waals surface area contributed by atoms with Crippen LogP contribution in [0.3, 0.4) is 0 Å². The van der Waals surface area contributed by atoms with Crippen molar-refractivity contribution in [3.8, 4) is 0 Å². The molecule has 0 aromatic heterocycles. The molecular weight excluding hydrogens is 420 g/mol. The Labute approximate surface area is 188 Å². The summed E-state index contributed by atoms with van der Waals surface area (Å²) in [5.74, 6) is -3.08. The van der Waals surface area contributed by atoms with E-state index < -0.39 is 60.4 Å². The number of esters is 1.